The molecule has 4 aromatic rings. The number of aliphatic hydroxyl groups is 2. The van der Waals surface area contributed by atoms with Gasteiger partial charge in [0, 0.05) is 23.5 Å². The molecular weight excluding hydrogens is 475 g/mol. The number of hydrogen-bond donors (Lipinski definition) is 3. The molecule has 4 heterocycles. The highest BCUT2D eigenvalue weighted by Crippen LogP contribution is 2.33. The van der Waals surface area contributed by atoms with Crippen molar-refractivity contribution in [3.05, 3.63) is 48.4 Å². The van der Waals surface area contributed by atoms with Crippen molar-refractivity contribution in [3.63, 3.8) is 0 Å². The van der Waals surface area contributed by atoms with Gasteiger partial charge < -0.3 is 15.5 Å². The Balaban J connectivity index is 1.51. The molecule has 3 N–H and O–H groups in total. The second kappa shape index (κ2) is 9.88. The minimum atomic E-state index is -1.51. The number of hydrogen-bond acceptors (Lipinski definition) is 8. The number of fused-ring (bicyclic) bond motifs is 1. The molecule has 192 valence electrons. The molecular formula is C26H29FN8O2. The number of nitrogens with zero attached hydrogens (tertiary/aromatic N) is 7. The first-order valence-corrected chi connectivity index (χ1v) is 12.3. The Kier molecular flexibility index (Phi) is 6.62. The van der Waals surface area contributed by atoms with E-state index >= 15 is 0 Å². The van der Waals surface area contributed by atoms with Crippen molar-refractivity contribution in [2.24, 2.45) is 0 Å². The van der Waals surface area contributed by atoms with Gasteiger partial charge in [0.1, 0.15) is 17.9 Å². The molecule has 0 aromatic carbocycles. The van der Waals surface area contributed by atoms with E-state index in [2.05, 4.69) is 31.8 Å². The Morgan fingerprint density at radius 1 is 1.24 bits per heavy atom. The maximum absolute atomic E-state index is 14.4. The zero-order valence-electron chi connectivity index (χ0n) is 20.7. The Bertz CT molecular complexity index is 1450. The van der Waals surface area contributed by atoms with Crippen LogP contribution in [0.4, 0.5) is 10.1 Å². The standard InChI is InChI=1S/C26H29FN8O2/c1-26(2,37)25(27)15-34-14-23(32-33-34)20-13-29-22(10-21(20)31-17-4-3-5-19(36)9-17)24-7-6-18-8-16(11-28)12-30-35(18)24/h6-8,10,12-14,17,19,25,36-37H,3-5,9,15H2,1-2H3,(H,29,31)/t17-,19+,25?/m0/s1. The lowest BCUT2D eigenvalue weighted by Crippen LogP contribution is -2.35. The molecule has 4 aromatic heterocycles. The van der Waals surface area contributed by atoms with Crippen LogP contribution in [0.3, 0.4) is 0 Å². The third kappa shape index (κ3) is 5.30. The molecule has 10 nitrogen and oxygen atoms in total. The molecule has 0 bridgehead atoms. The first-order chi connectivity index (χ1) is 17.7. The van der Waals surface area contributed by atoms with Gasteiger partial charge in [-0.3, -0.25) is 4.98 Å². The molecule has 0 saturated heterocycles. The number of pyridine rings is 1. The number of nitrogens with one attached hydrogen (secondary N) is 1. The fraction of sp³-hybridized carbons (Fsp3) is 0.423. The van der Waals surface area contributed by atoms with E-state index < -0.39 is 11.8 Å². The molecule has 1 aliphatic carbocycles. The van der Waals surface area contributed by atoms with Crippen LogP contribution in [0.15, 0.2) is 42.9 Å². The first-order valence-electron chi connectivity index (χ1n) is 12.3. The molecule has 1 unspecified atom stereocenters. The molecule has 1 fully saturated rings. The highest BCUT2D eigenvalue weighted by Gasteiger charge is 2.28. The minimum Gasteiger partial charge on any atom is -0.393 e. The summed E-state index contributed by atoms with van der Waals surface area (Å²) in [5, 5.41) is 45.6. The van der Waals surface area contributed by atoms with Gasteiger partial charge in [-0.05, 0) is 63.8 Å². The molecule has 0 amide bonds. The van der Waals surface area contributed by atoms with Crippen LogP contribution >= 0.6 is 0 Å². The van der Waals surface area contributed by atoms with Crippen molar-refractivity contribution in [1.29, 1.82) is 5.26 Å². The zero-order valence-corrected chi connectivity index (χ0v) is 20.7. The fourth-order valence-electron chi connectivity index (χ4n) is 4.59. The molecule has 3 atom stereocenters. The average molecular weight is 505 g/mol. The van der Waals surface area contributed by atoms with Gasteiger partial charge in [0.05, 0.1) is 53.1 Å². The Labute approximate surface area is 213 Å². The predicted molar refractivity (Wildman–Crippen MR) is 135 cm³/mol. The topological polar surface area (TPSA) is 137 Å². The van der Waals surface area contributed by atoms with Gasteiger partial charge >= 0.3 is 0 Å². The summed E-state index contributed by atoms with van der Waals surface area (Å²) < 4.78 is 17.5. The summed E-state index contributed by atoms with van der Waals surface area (Å²) >= 11 is 0. The maximum Gasteiger partial charge on any atom is 0.148 e. The highest BCUT2D eigenvalue weighted by molar-refractivity contribution is 5.79. The molecule has 1 aliphatic rings. The molecule has 0 aliphatic heterocycles. The molecule has 5 rings (SSSR count). The number of aromatic nitrogens is 6. The lowest BCUT2D eigenvalue weighted by atomic mass is 9.92. The molecule has 11 heteroatoms. The van der Waals surface area contributed by atoms with E-state index in [1.165, 1.54) is 24.7 Å². The molecule has 0 radical (unpaired) electrons. The van der Waals surface area contributed by atoms with Gasteiger partial charge in [0.2, 0.25) is 0 Å². The third-order valence-corrected chi connectivity index (χ3v) is 6.73. The van der Waals surface area contributed by atoms with E-state index in [-0.39, 0.29) is 18.7 Å². The Morgan fingerprint density at radius 2 is 2.08 bits per heavy atom. The number of halogens is 1. The maximum atomic E-state index is 14.4. The van der Waals surface area contributed by atoms with Gasteiger partial charge in [0.25, 0.3) is 0 Å². The van der Waals surface area contributed by atoms with E-state index in [9.17, 15) is 19.9 Å². The summed E-state index contributed by atoms with van der Waals surface area (Å²) in [6.07, 6.45) is 6.23. The highest BCUT2D eigenvalue weighted by atomic mass is 19.1. The number of rotatable bonds is 7. The summed E-state index contributed by atoms with van der Waals surface area (Å²) in [4.78, 5) is 4.66. The Hall–Kier alpha value is -3.88. The normalized spacial score (nSPS) is 19.0. The van der Waals surface area contributed by atoms with Crippen molar-refractivity contribution in [3.8, 4) is 28.7 Å². The van der Waals surface area contributed by atoms with E-state index in [0.29, 0.717) is 28.9 Å². The summed E-state index contributed by atoms with van der Waals surface area (Å²) in [6.45, 7) is 2.70. The van der Waals surface area contributed by atoms with E-state index in [0.717, 1.165) is 36.2 Å². The lowest BCUT2D eigenvalue weighted by Gasteiger charge is -2.28. The van der Waals surface area contributed by atoms with Crippen molar-refractivity contribution >= 4 is 11.2 Å². The minimum absolute atomic E-state index is 0.0681. The number of alkyl halides is 1. The van der Waals surface area contributed by atoms with Gasteiger partial charge in [-0.25, -0.2) is 13.6 Å². The van der Waals surface area contributed by atoms with Crippen molar-refractivity contribution in [2.75, 3.05) is 5.32 Å². The molecule has 37 heavy (non-hydrogen) atoms. The van der Waals surface area contributed by atoms with Gasteiger partial charge in [-0.15, -0.1) is 5.10 Å². The summed E-state index contributed by atoms with van der Waals surface area (Å²) in [5.74, 6) is 0. The van der Waals surface area contributed by atoms with Crippen molar-refractivity contribution in [1.82, 2.24) is 29.6 Å². The van der Waals surface area contributed by atoms with Gasteiger partial charge in [0.15, 0.2) is 0 Å². The SMILES string of the molecule is CC(C)(O)C(F)Cn1cc(-c2cnc(-c3ccc4cc(C#N)cnn34)cc2N[C@H]2CCC[C@@H](O)C2)nn1. The Morgan fingerprint density at radius 3 is 2.84 bits per heavy atom. The first kappa shape index (κ1) is 24.8. The number of anilines is 1. The van der Waals surface area contributed by atoms with E-state index in [1.54, 1.807) is 23.0 Å². The van der Waals surface area contributed by atoms with Gasteiger partial charge in [-0.2, -0.15) is 10.4 Å². The van der Waals surface area contributed by atoms with Crippen molar-refractivity contribution < 1.29 is 14.6 Å². The second-order valence-electron chi connectivity index (χ2n) is 10.1. The average Bonchev–Trinajstić information content (AvgIpc) is 3.50. The number of nitriles is 1. The van der Waals surface area contributed by atoms with Crippen LogP contribution in [0, 0.1) is 11.3 Å². The van der Waals surface area contributed by atoms with Crippen LogP contribution in [0.25, 0.3) is 28.2 Å². The summed E-state index contributed by atoms with van der Waals surface area (Å²) in [6, 6.07) is 9.61. The largest absolute Gasteiger partial charge is 0.393 e. The van der Waals surface area contributed by atoms with Crippen LogP contribution in [-0.4, -0.2) is 63.7 Å². The van der Waals surface area contributed by atoms with E-state index in [4.69, 9.17) is 0 Å². The second-order valence-corrected chi connectivity index (χ2v) is 10.1. The molecule has 0 spiro atoms. The lowest BCUT2D eigenvalue weighted by molar-refractivity contribution is -0.0120. The summed E-state index contributed by atoms with van der Waals surface area (Å²) in [5.41, 5.74) is 3.14. The van der Waals surface area contributed by atoms with Gasteiger partial charge in [-0.1, -0.05) is 5.21 Å². The summed E-state index contributed by atoms with van der Waals surface area (Å²) in [7, 11) is 0. The smallest absolute Gasteiger partial charge is 0.148 e. The van der Waals surface area contributed by atoms with Crippen LogP contribution in [-0.2, 0) is 6.54 Å². The number of aliphatic hydroxyl groups excluding tert-OH is 1. The monoisotopic (exact) mass is 504 g/mol. The fourth-order valence-corrected chi connectivity index (χ4v) is 4.59. The predicted octanol–water partition coefficient (Wildman–Crippen LogP) is 3.35. The van der Waals surface area contributed by atoms with Crippen LogP contribution in [0.1, 0.15) is 45.1 Å². The van der Waals surface area contributed by atoms with Crippen molar-refractivity contribution in [2.45, 2.75) is 70.0 Å². The van der Waals surface area contributed by atoms with Crippen LogP contribution < -0.4 is 5.32 Å². The third-order valence-electron chi connectivity index (χ3n) is 6.73. The van der Waals surface area contributed by atoms with Crippen LogP contribution in [0.5, 0.6) is 0 Å². The quantitative estimate of drug-likeness (QED) is 0.348. The van der Waals surface area contributed by atoms with Crippen LogP contribution in [0.2, 0.25) is 0 Å². The zero-order chi connectivity index (χ0) is 26.2. The van der Waals surface area contributed by atoms with E-state index in [1.807, 2.05) is 18.2 Å². The molecule has 1 saturated carbocycles.